The molecule has 4 aromatic rings. The van der Waals surface area contributed by atoms with Crippen LogP contribution in [0.25, 0.3) is 11.0 Å². The number of para-hydroxylation sites is 1. The summed E-state index contributed by atoms with van der Waals surface area (Å²) < 4.78 is 11.7. The number of aromatic amines is 1. The number of hydrogen-bond donors (Lipinski definition) is 1. The molecule has 138 valence electrons. The summed E-state index contributed by atoms with van der Waals surface area (Å²) in [7, 11) is 0. The number of hydrogen-bond acceptors (Lipinski definition) is 5. The number of pyridine rings is 1. The van der Waals surface area contributed by atoms with Crippen molar-refractivity contribution in [2.45, 2.75) is 12.5 Å². The van der Waals surface area contributed by atoms with E-state index < -0.39 is 0 Å². The largest absolute Gasteiger partial charge is 0.457 e. The third kappa shape index (κ3) is 3.40. The van der Waals surface area contributed by atoms with Crippen molar-refractivity contribution in [1.82, 2.24) is 9.97 Å². The molecule has 2 aromatic carbocycles. The molecule has 0 saturated carbocycles. The Morgan fingerprint density at radius 3 is 2.57 bits per heavy atom. The lowest BCUT2D eigenvalue weighted by atomic mass is 10.1. The number of rotatable bonds is 4. The second-order valence-electron chi connectivity index (χ2n) is 6.46. The van der Waals surface area contributed by atoms with Gasteiger partial charge in [0.1, 0.15) is 22.9 Å². The molecule has 1 N–H and O–H groups in total. The molecule has 6 nitrogen and oxygen atoms in total. The highest BCUT2D eigenvalue weighted by Gasteiger charge is 2.24. The van der Waals surface area contributed by atoms with Crippen LogP contribution >= 0.6 is 0 Å². The fourth-order valence-electron chi connectivity index (χ4n) is 3.08. The van der Waals surface area contributed by atoms with Crippen LogP contribution in [0.5, 0.6) is 17.2 Å². The van der Waals surface area contributed by atoms with E-state index in [2.05, 4.69) is 15.1 Å². The number of ether oxygens (including phenoxy) is 2. The van der Waals surface area contributed by atoms with Crippen LogP contribution in [0.2, 0.25) is 0 Å². The van der Waals surface area contributed by atoms with Gasteiger partial charge in [0.15, 0.2) is 6.10 Å². The van der Waals surface area contributed by atoms with E-state index in [4.69, 9.17) is 14.3 Å². The highest BCUT2D eigenvalue weighted by Crippen LogP contribution is 2.30. The van der Waals surface area contributed by atoms with E-state index in [1.807, 2.05) is 72.9 Å². The van der Waals surface area contributed by atoms with Crippen LogP contribution < -0.4 is 9.47 Å². The van der Waals surface area contributed by atoms with Crippen molar-refractivity contribution in [2.24, 2.45) is 5.16 Å². The van der Waals surface area contributed by atoms with Crippen molar-refractivity contribution in [3.8, 4) is 17.2 Å². The van der Waals surface area contributed by atoms with E-state index in [1.54, 1.807) is 6.20 Å². The summed E-state index contributed by atoms with van der Waals surface area (Å²) in [4.78, 5) is 12.9. The van der Waals surface area contributed by atoms with Gasteiger partial charge in [-0.1, -0.05) is 35.5 Å². The number of nitrogens with one attached hydrogen (secondary N) is 1. The summed E-state index contributed by atoms with van der Waals surface area (Å²) in [6, 6.07) is 21.4. The predicted molar refractivity (Wildman–Crippen MR) is 106 cm³/mol. The minimum Gasteiger partial charge on any atom is -0.457 e. The van der Waals surface area contributed by atoms with Crippen LogP contribution in [-0.4, -0.2) is 15.9 Å². The molecular formula is C22H17N3O3. The normalized spacial score (nSPS) is 15.9. The van der Waals surface area contributed by atoms with Crippen molar-refractivity contribution >= 4 is 16.9 Å². The van der Waals surface area contributed by atoms with Crippen LogP contribution in [0.15, 0.2) is 84.3 Å². The Morgan fingerprint density at radius 2 is 1.71 bits per heavy atom. The van der Waals surface area contributed by atoms with Gasteiger partial charge in [-0.15, -0.1) is 0 Å². The van der Waals surface area contributed by atoms with Crippen LogP contribution in [0.4, 0.5) is 0 Å². The fraction of sp³-hybridized carbons (Fsp3) is 0.0909. The smallest absolute Gasteiger partial charge is 0.235 e. The van der Waals surface area contributed by atoms with Gasteiger partial charge >= 0.3 is 0 Å². The van der Waals surface area contributed by atoms with Crippen LogP contribution in [0.3, 0.4) is 0 Å². The lowest BCUT2D eigenvalue weighted by Gasteiger charge is -2.10. The van der Waals surface area contributed by atoms with E-state index in [9.17, 15) is 0 Å². The molecule has 0 amide bonds. The SMILES string of the molecule is c1ccc(Oc2ccc([C@@H]3CC(Oc4cnc5[nH]ccc5c4)=NO3)cc2)cc1. The molecule has 3 heterocycles. The Bertz CT molecular complexity index is 1120. The van der Waals surface area contributed by atoms with Gasteiger partial charge in [0.25, 0.3) is 0 Å². The van der Waals surface area contributed by atoms with Crippen molar-refractivity contribution in [3.63, 3.8) is 0 Å². The molecule has 1 atom stereocenters. The maximum absolute atomic E-state index is 5.83. The molecule has 0 spiro atoms. The topological polar surface area (TPSA) is 68.7 Å². The lowest BCUT2D eigenvalue weighted by Crippen LogP contribution is -2.07. The molecule has 6 heteroatoms. The van der Waals surface area contributed by atoms with Gasteiger partial charge in [-0.3, -0.25) is 0 Å². The van der Waals surface area contributed by atoms with Crippen LogP contribution in [0.1, 0.15) is 18.1 Å². The zero-order valence-electron chi connectivity index (χ0n) is 14.9. The number of nitrogens with zero attached hydrogens (tertiary/aromatic N) is 2. The molecule has 1 aliphatic rings. The monoisotopic (exact) mass is 371 g/mol. The maximum Gasteiger partial charge on any atom is 0.235 e. The number of fused-ring (bicyclic) bond motifs is 1. The molecule has 5 rings (SSSR count). The molecule has 0 fully saturated rings. The molecule has 0 aliphatic carbocycles. The number of aromatic nitrogens is 2. The number of benzene rings is 2. The van der Waals surface area contributed by atoms with Crippen LogP contribution in [0, 0.1) is 0 Å². The van der Waals surface area contributed by atoms with Crippen LogP contribution in [-0.2, 0) is 4.84 Å². The first-order valence-corrected chi connectivity index (χ1v) is 9.00. The highest BCUT2D eigenvalue weighted by atomic mass is 16.7. The summed E-state index contributed by atoms with van der Waals surface area (Å²) in [6.07, 6.45) is 3.90. The van der Waals surface area contributed by atoms with E-state index in [1.165, 1.54) is 0 Å². The van der Waals surface area contributed by atoms with E-state index in [0.717, 1.165) is 28.1 Å². The Labute approximate surface area is 161 Å². The predicted octanol–water partition coefficient (Wildman–Crippen LogP) is 5.21. The molecular weight excluding hydrogens is 354 g/mol. The second kappa shape index (κ2) is 7.08. The van der Waals surface area contributed by atoms with Gasteiger partial charge in [0, 0.05) is 11.6 Å². The summed E-state index contributed by atoms with van der Waals surface area (Å²) in [5, 5.41) is 5.06. The Kier molecular flexibility index (Phi) is 4.14. The lowest BCUT2D eigenvalue weighted by molar-refractivity contribution is 0.0855. The van der Waals surface area contributed by atoms with E-state index in [-0.39, 0.29) is 6.10 Å². The first-order chi connectivity index (χ1) is 13.8. The van der Waals surface area contributed by atoms with Gasteiger partial charge in [-0.05, 0) is 42.0 Å². The number of oxime groups is 1. The standard InChI is InChI=1S/C22H17N3O3/c1-2-4-17(5-3-1)26-18-8-6-15(7-9-18)20-13-21(25-28-20)27-19-12-16-10-11-23-22(16)24-14-19/h1-12,14,20H,13H2,(H,23,24)/t20-/m0/s1. The maximum atomic E-state index is 5.83. The van der Waals surface area contributed by atoms with Gasteiger partial charge < -0.3 is 19.3 Å². The zero-order valence-corrected chi connectivity index (χ0v) is 14.9. The molecule has 2 aromatic heterocycles. The Morgan fingerprint density at radius 1 is 0.893 bits per heavy atom. The molecule has 0 radical (unpaired) electrons. The number of H-pyrrole nitrogens is 1. The molecule has 1 aliphatic heterocycles. The minimum absolute atomic E-state index is 0.176. The molecule has 0 unspecified atom stereocenters. The van der Waals surface area contributed by atoms with Crippen molar-refractivity contribution < 1.29 is 14.3 Å². The first-order valence-electron chi connectivity index (χ1n) is 9.00. The summed E-state index contributed by atoms with van der Waals surface area (Å²) in [5.41, 5.74) is 1.84. The molecule has 28 heavy (non-hydrogen) atoms. The second-order valence-corrected chi connectivity index (χ2v) is 6.46. The molecule has 0 saturated heterocycles. The van der Waals surface area contributed by atoms with Gasteiger partial charge in [-0.2, -0.15) is 0 Å². The Balaban J connectivity index is 1.22. The third-order valence-corrected chi connectivity index (χ3v) is 4.48. The Hall–Kier alpha value is -3.80. The summed E-state index contributed by atoms with van der Waals surface area (Å²) >= 11 is 0. The van der Waals surface area contributed by atoms with E-state index in [0.29, 0.717) is 18.1 Å². The first kappa shape index (κ1) is 16.4. The quantitative estimate of drug-likeness (QED) is 0.535. The summed E-state index contributed by atoms with van der Waals surface area (Å²) in [6.45, 7) is 0. The van der Waals surface area contributed by atoms with E-state index >= 15 is 0 Å². The zero-order chi connectivity index (χ0) is 18.8. The average Bonchev–Trinajstić information content (AvgIpc) is 3.39. The molecule has 0 bridgehead atoms. The average molecular weight is 371 g/mol. The minimum atomic E-state index is -0.176. The van der Waals surface area contributed by atoms with Crippen molar-refractivity contribution in [2.75, 3.05) is 0 Å². The highest BCUT2D eigenvalue weighted by molar-refractivity contribution is 5.82. The van der Waals surface area contributed by atoms with Gasteiger partial charge in [0.05, 0.1) is 12.6 Å². The van der Waals surface area contributed by atoms with Gasteiger partial charge in [-0.25, -0.2) is 4.98 Å². The van der Waals surface area contributed by atoms with Crippen molar-refractivity contribution in [3.05, 3.63) is 84.7 Å². The third-order valence-electron chi connectivity index (χ3n) is 4.48. The van der Waals surface area contributed by atoms with Gasteiger partial charge in [0.2, 0.25) is 5.90 Å². The summed E-state index contributed by atoms with van der Waals surface area (Å²) in [5.74, 6) is 2.75. The van der Waals surface area contributed by atoms with Crippen molar-refractivity contribution in [1.29, 1.82) is 0 Å². The fourth-order valence-corrected chi connectivity index (χ4v) is 3.08.